The van der Waals surface area contributed by atoms with Crippen molar-refractivity contribution in [1.82, 2.24) is 0 Å². The number of phenolic OH excluding ortho intramolecular Hbond substituents is 2. The van der Waals surface area contributed by atoms with Crippen LogP contribution in [-0.4, -0.2) is 10.2 Å². The van der Waals surface area contributed by atoms with Crippen LogP contribution in [0.2, 0.25) is 0 Å². The highest BCUT2D eigenvalue weighted by Crippen LogP contribution is 2.37. The molecule has 0 aliphatic carbocycles. The maximum Gasteiger partial charge on any atom is 0.266 e. The SMILES string of the molecule is Cc1c(C)c(O)c(CCC(C)CCC=C(F)F)c(C)c1O. The Hall–Kier alpha value is -1.58. The van der Waals surface area contributed by atoms with E-state index in [0.717, 1.165) is 18.1 Å². The maximum atomic E-state index is 12.0. The molecule has 1 rings (SSSR count). The highest BCUT2D eigenvalue weighted by Gasteiger charge is 2.16. The van der Waals surface area contributed by atoms with Crippen molar-refractivity contribution >= 4 is 0 Å². The lowest BCUT2D eigenvalue weighted by Gasteiger charge is -2.17. The molecule has 1 aromatic rings. The van der Waals surface area contributed by atoms with Crippen LogP contribution in [0.3, 0.4) is 0 Å². The maximum absolute atomic E-state index is 12.0. The van der Waals surface area contributed by atoms with Gasteiger partial charge in [-0.15, -0.1) is 0 Å². The van der Waals surface area contributed by atoms with Gasteiger partial charge in [0.15, 0.2) is 0 Å². The minimum atomic E-state index is -1.63. The second kappa shape index (κ2) is 7.43. The molecule has 0 aromatic heterocycles. The molecule has 0 spiro atoms. The predicted molar refractivity (Wildman–Crippen MR) is 81.0 cm³/mol. The zero-order valence-electron chi connectivity index (χ0n) is 13.1. The van der Waals surface area contributed by atoms with E-state index in [0.29, 0.717) is 36.0 Å². The first-order valence-electron chi connectivity index (χ1n) is 7.27. The summed E-state index contributed by atoms with van der Waals surface area (Å²) in [6.07, 6.45) is 1.80. The fourth-order valence-corrected chi connectivity index (χ4v) is 2.50. The van der Waals surface area contributed by atoms with Crippen LogP contribution in [0.15, 0.2) is 12.2 Å². The van der Waals surface area contributed by atoms with Crippen LogP contribution in [0.4, 0.5) is 8.78 Å². The van der Waals surface area contributed by atoms with E-state index in [2.05, 4.69) is 0 Å². The van der Waals surface area contributed by atoms with E-state index in [1.54, 1.807) is 20.8 Å². The van der Waals surface area contributed by atoms with Crippen LogP contribution in [0.1, 0.15) is 48.4 Å². The van der Waals surface area contributed by atoms with Gasteiger partial charge in [0.25, 0.3) is 6.08 Å². The molecule has 1 atom stereocenters. The summed E-state index contributed by atoms with van der Waals surface area (Å²) in [6, 6.07) is 0. The third-order valence-corrected chi connectivity index (χ3v) is 4.21. The summed E-state index contributed by atoms with van der Waals surface area (Å²) in [5.41, 5.74) is 2.86. The first-order chi connectivity index (χ1) is 9.75. The fraction of sp³-hybridized carbons (Fsp3) is 0.529. The average Bonchev–Trinajstić information content (AvgIpc) is 2.42. The van der Waals surface area contributed by atoms with Crippen molar-refractivity contribution in [1.29, 1.82) is 0 Å². The highest BCUT2D eigenvalue weighted by molar-refractivity contribution is 5.56. The van der Waals surface area contributed by atoms with Gasteiger partial charge in [-0.1, -0.05) is 6.92 Å². The van der Waals surface area contributed by atoms with Crippen molar-refractivity contribution in [3.63, 3.8) is 0 Å². The molecule has 2 nitrogen and oxygen atoms in total. The summed E-state index contributed by atoms with van der Waals surface area (Å²) >= 11 is 0. The number of hydrogen-bond acceptors (Lipinski definition) is 2. The Morgan fingerprint density at radius 1 is 1.00 bits per heavy atom. The quantitative estimate of drug-likeness (QED) is 0.713. The normalized spacial score (nSPS) is 12.3. The average molecular weight is 298 g/mol. The Morgan fingerprint density at radius 2 is 1.57 bits per heavy atom. The molecule has 118 valence electrons. The smallest absolute Gasteiger partial charge is 0.266 e. The molecule has 0 amide bonds. The summed E-state index contributed by atoms with van der Waals surface area (Å²) in [6.45, 7) is 7.37. The summed E-state index contributed by atoms with van der Waals surface area (Å²) < 4.78 is 23.9. The van der Waals surface area contributed by atoms with Crippen LogP contribution in [-0.2, 0) is 6.42 Å². The van der Waals surface area contributed by atoms with Gasteiger partial charge in [0.2, 0.25) is 0 Å². The first-order valence-corrected chi connectivity index (χ1v) is 7.27. The zero-order chi connectivity index (χ0) is 16.2. The lowest BCUT2D eigenvalue weighted by atomic mass is 9.91. The Balaban J connectivity index is 2.74. The number of rotatable bonds is 6. The first kappa shape index (κ1) is 17.5. The molecule has 0 aliphatic heterocycles. The molecule has 2 N–H and O–H groups in total. The zero-order valence-corrected chi connectivity index (χ0v) is 13.1. The Kier molecular flexibility index (Phi) is 6.19. The standard InChI is InChI=1S/C17H24F2O2/c1-10(6-5-7-15(18)19)8-9-14-13(4)16(20)11(2)12(3)17(14)21/h7,10,20-21H,5-6,8-9H2,1-4H3. The van der Waals surface area contributed by atoms with Crippen LogP contribution in [0.5, 0.6) is 11.5 Å². The van der Waals surface area contributed by atoms with Gasteiger partial charge in [-0.25, -0.2) is 0 Å². The molecule has 0 heterocycles. The Labute approximate surface area is 125 Å². The van der Waals surface area contributed by atoms with Crippen LogP contribution >= 0.6 is 0 Å². The molecule has 0 saturated heterocycles. The Bertz CT molecular complexity index is 503. The number of halogens is 2. The van der Waals surface area contributed by atoms with Crippen molar-refractivity contribution in [2.75, 3.05) is 0 Å². The van der Waals surface area contributed by atoms with E-state index >= 15 is 0 Å². The second-order valence-corrected chi connectivity index (χ2v) is 5.77. The molecular weight excluding hydrogens is 274 g/mol. The van der Waals surface area contributed by atoms with Crippen molar-refractivity contribution in [3.05, 3.63) is 34.4 Å². The molecule has 1 unspecified atom stereocenters. The largest absolute Gasteiger partial charge is 0.507 e. The summed E-state index contributed by atoms with van der Waals surface area (Å²) in [4.78, 5) is 0. The van der Waals surface area contributed by atoms with Gasteiger partial charge >= 0.3 is 0 Å². The van der Waals surface area contributed by atoms with Gasteiger partial charge in [0, 0.05) is 5.56 Å². The highest BCUT2D eigenvalue weighted by atomic mass is 19.3. The predicted octanol–water partition coefficient (Wildman–Crippen LogP) is 5.15. The molecule has 0 radical (unpaired) electrons. The molecule has 0 bridgehead atoms. The van der Waals surface area contributed by atoms with E-state index in [1.807, 2.05) is 6.92 Å². The summed E-state index contributed by atoms with van der Waals surface area (Å²) in [5.74, 6) is 0.753. The molecule has 4 heteroatoms. The van der Waals surface area contributed by atoms with Crippen molar-refractivity contribution < 1.29 is 19.0 Å². The van der Waals surface area contributed by atoms with E-state index in [-0.39, 0.29) is 17.4 Å². The number of aromatic hydroxyl groups is 2. The minimum absolute atomic E-state index is 0.232. The van der Waals surface area contributed by atoms with Gasteiger partial charge in [0.1, 0.15) is 11.5 Å². The third kappa shape index (κ3) is 4.45. The van der Waals surface area contributed by atoms with Gasteiger partial charge in [0.05, 0.1) is 0 Å². The van der Waals surface area contributed by atoms with Crippen molar-refractivity contribution in [2.45, 2.75) is 53.4 Å². The summed E-state index contributed by atoms with van der Waals surface area (Å²) in [7, 11) is 0. The van der Waals surface area contributed by atoms with E-state index in [9.17, 15) is 19.0 Å². The van der Waals surface area contributed by atoms with Gasteiger partial charge < -0.3 is 10.2 Å². The van der Waals surface area contributed by atoms with E-state index < -0.39 is 6.08 Å². The number of allylic oxidation sites excluding steroid dienone is 1. The van der Waals surface area contributed by atoms with Crippen LogP contribution in [0.25, 0.3) is 0 Å². The number of benzene rings is 1. The molecule has 0 fully saturated rings. The molecule has 0 saturated carbocycles. The van der Waals surface area contributed by atoms with Crippen molar-refractivity contribution in [2.24, 2.45) is 5.92 Å². The second-order valence-electron chi connectivity index (χ2n) is 5.77. The molecule has 21 heavy (non-hydrogen) atoms. The topological polar surface area (TPSA) is 40.5 Å². The molecular formula is C17H24F2O2. The lowest BCUT2D eigenvalue weighted by Crippen LogP contribution is -2.01. The molecule has 0 aliphatic rings. The summed E-state index contributed by atoms with van der Waals surface area (Å²) in [5, 5.41) is 20.3. The van der Waals surface area contributed by atoms with Crippen LogP contribution < -0.4 is 0 Å². The van der Waals surface area contributed by atoms with Gasteiger partial charge in [-0.3, -0.25) is 0 Å². The lowest BCUT2D eigenvalue weighted by molar-refractivity contribution is 0.411. The monoisotopic (exact) mass is 298 g/mol. The molecule has 1 aromatic carbocycles. The number of phenols is 2. The Morgan fingerprint density at radius 3 is 2.14 bits per heavy atom. The van der Waals surface area contributed by atoms with Crippen molar-refractivity contribution in [3.8, 4) is 11.5 Å². The van der Waals surface area contributed by atoms with E-state index in [4.69, 9.17) is 0 Å². The van der Waals surface area contributed by atoms with Gasteiger partial charge in [-0.05, 0) is 75.1 Å². The minimum Gasteiger partial charge on any atom is -0.507 e. The number of hydrogen-bond donors (Lipinski definition) is 2. The van der Waals surface area contributed by atoms with Gasteiger partial charge in [-0.2, -0.15) is 8.78 Å². The third-order valence-electron chi connectivity index (χ3n) is 4.21. The van der Waals surface area contributed by atoms with Crippen LogP contribution in [0, 0.1) is 26.7 Å². The fourth-order valence-electron chi connectivity index (χ4n) is 2.50. The van der Waals surface area contributed by atoms with E-state index in [1.165, 1.54) is 0 Å².